The molecule has 17 heteroatoms. The second kappa shape index (κ2) is 22.7. The second-order valence-electron chi connectivity index (χ2n) is 27.8. The summed E-state index contributed by atoms with van der Waals surface area (Å²) in [4.78, 5) is 60.9. The van der Waals surface area contributed by atoms with Gasteiger partial charge in [0.2, 0.25) is 5.91 Å². The maximum absolute atomic E-state index is 15.3. The molecule has 1 amide bonds. The van der Waals surface area contributed by atoms with Crippen molar-refractivity contribution < 1.29 is 48.7 Å². The Balaban J connectivity index is 0.910. The highest BCUT2D eigenvalue weighted by molar-refractivity contribution is 8.77. The van der Waals surface area contributed by atoms with Gasteiger partial charge >= 0.3 is 11.6 Å². The number of ether oxygens (including phenoxy) is 2. The molecule has 1 saturated heterocycles. The molecule has 2 spiro atoms. The van der Waals surface area contributed by atoms with Crippen LogP contribution in [0.1, 0.15) is 147 Å². The second-order valence-corrected chi connectivity index (χ2v) is 30.4. The van der Waals surface area contributed by atoms with E-state index in [1.54, 1.807) is 46.7 Å². The molecular weight excluding hydrogens is 1100 g/mol. The van der Waals surface area contributed by atoms with Crippen molar-refractivity contribution in [2.75, 3.05) is 32.6 Å². The van der Waals surface area contributed by atoms with Crippen LogP contribution in [0.3, 0.4) is 0 Å². The van der Waals surface area contributed by atoms with E-state index >= 15 is 9.59 Å². The van der Waals surface area contributed by atoms with Crippen LogP contribution in [0.2, 0.25) is 0 Å². The fourth-order valence-corrected chi connectivity index (χ4v) is 23.0. The quantitative estimate of drug-likeness (QED) is 0.0368. The SMILES string of the molecule is CC=C(CCO)C(=O)OC1(C)C(CO)C=C2CSSC3CC4C(=O)C=CC5C(C4NC)C3N5C(=O)CC3=C(C=C(N)NC3)C2C12Cc1cc3cc(C45CCCCC4CCC(O)C5CCC(O)C4CC(C)CC5(CCCC5)C4)c(=O)oc3cc1O2. The van der Waals surface area contributed by atoms with Crippen molar-refractivity contribution in [1.29, 1.82) is 0 Å². The maximum Gasteiger partial charge on any atom is 0.340 e. The number of aliphatic hydroxyl groups excluding tert-OH is 4. The molecule has 2 bridgehead atoms. The van der Waals surface area contributed by atoms with Crippen LogP contribution in [0.15, 0.2) is 85.9 Å². The minimum atomic E-state index is -1.61. The number of esters is 1. The van der Waals surface area contributed by atoms with E-state index in [2.05, 4.69) is 17.6 Å². The number of nitrogens with two attached hydrogens (primary N) is 1. The lowest BCUT2D eigenvalue weighted by Crippen LogP contribution is -2.75. The first-order chi connectivity index (χ1) is 40.5. The first kappa shape index (κ1) is 58.6. The Hall–Kier alpha value is -4.36. The molecule has 15 nitrogen and oxygen atoms in total. The molecule has 84 heavy (non-hydrogen) atoms. The van der Waals surface area contributed by atoms with Crippen molar-refractivity contribution >= 4 is 50.2 Å². The van der Waals surface area contributed by atoms with Crippen LogP contribution in [0, 0.1) is 52.8 Å². The zero-order valence-corrected chi connectivity index (χ0v) is 51.1. The number of hydrogen-bond donors (Lipinski definition) is 7. The number of ketones is 1. The summed E-state index contributed by atoms with van der Waals surface area (Å²) in [6, 6.07) is 5.45. The van der Waals surface area contributed by atoms with Crippen LogP contribution in [0.4, 0.5) is 0 Å². The summed E-state index contributed by atoms with van der Waals surface area (Å²) in [5, 5.41) is 53.7. The van der Waals surface area contributed by atoms with Crippen molar-refractivity contribution in [3.63, 3.8) is 0 Å². The maximum atomic E-state index is 15.3. The van der Waals surface area contributed by atoms with E-state index in [0.29, 0.717) is 70.9 Å². The van der Waals surface area contributed by atoms with Gasteiger partial charge < -0.3 is 55.6 Å². The van der Waals surface area contributed by atoms with Gasteiger partial charge in [-0.2, -0.15) is 0 Å². The first-order valence-corrected chi connectivity index (χ1v) is 34.3. The van der Waals surface area contributed by atoms with Gasteiger partial charge in [0.05, 0.1) is 49.1 Å². The number of benzene rings is 1. The van der Waals surface area contributed by atoms with Crippen LogP contribution in [0.5, 0.6) is 5.75 Å². The molecule has 1 aromatic heterocycles. The Bertz CT molecular complexity index is 3180. The van der Waals surface area contributed by atoms with Crippen molar-refractivity contribution in [2.45, 2.75) is 195 Å². The molecule has 6 fully saturated rings. The molecule has 13 rings (SSSR count). The number of hydrogen-bond acceptors (Lipinski definition) is 16. The summed E-state index contributed by atoms with van der Waals surface area (Å²) < 4.78 is 21.1. The zero-order valence-electron chi connectivity index (χ0n) is 49.5. The fraction of sp³-hybridized carbons (Fsp3) is 0.672. The highest BCUT2D eigenvalue weighted by atomic mass is 33.1. The lowest BCUT2D eigenvalue weighted by atomic mass is 9.50. The Labute approximate surface area is 501 Å². The summed E-state index contributed by atoms with van der Waals surface area (Å²) in [6.07, 6.45) is 23.7. The molecule has 5 heterocycles. The highest BCUT2D eigenvalue weighted by Crippen LogP contribution is 2.62. The van der Waals surface area contributed by atoms with E-state index in [1.165, 1.54) is 32.1 Å². The average Bonchev–Trinajstić information content (AvgIpc) is 1.37. The predicted molar refractivity (Wildman–Crippen MR) is 325 cm³/mol. The number of amides is 1. The number of fused-ring (bicyclic) bond motifs is 8. The molecule has 4 aliphatic heterocycles. The van der Waals surface area contributed by atoms with Gasteiger partial charge in [0.15, 0.2) is 17.0 Å². The van der Waals surface area contributed by atoms with E-state index in [1.807, 2.05) is 49.2 Å². The third kappa shape index (κ3) is 9.45. The van der Waals surface area contributed by atoms with Crippen LogP contribution in [0.25, 0.3) is 11.0 Å². The standard InChI is InChI=1S/C67H88N4O11S2/c1-5-37(17-21-72)62(78)82-64(3)44(34-73)24-42-35-83-84-55-27-46-51(75)16-13-49-58(60(46)69-4)61(55)71(49)57(77)26-41-33-70-56(68)28-45(41)59(42)67(64)32-40-23-38-25-48(63(79)80-53(38)29-54(40)81-67)66-20-7-6-10-43(66)11-14-52(76)47(66)12-15-50(74)39-22-36(2)30-65(31-39)18-8-9-19-65/h5,13,16,23-25,28-29,36,39,43-44,46-47,49-50,52,55,58-61,69-70,72-74,76H,6-12,14-15,17-22,26-27,30-35,68H2,1-4H3. The lowest BCUT2D eigenvalue weighted by Gasteiger charge is -2.62. The average molecular weight is 1190 g/mol. The minimum absolute atomic E-state index is 0.0374. The Morgan fingerprint density at radius 2 is 1.87 bits per heavy atom. The largest absolute Gasteiger partial charge is 0.481 e. The van der Waals surface area contributed by atoms with E-state index in [-0.39, 0.29) is 103 Å². The Morgan fingerprint density at radius 3 is 2.64 bits per heavy atom. The van der Waals surface area contributed by atoms with Crippen molar-refractivity contribution in [3.8, 4) is 5.75 Å². The molecule has 7 aliphatic carbocycles. The zero-order chi connectivity index (χ0) is 58.6. The molecule has 1 aromatic carbocycles. The smallest absolute Gasteiger partial charge is 0.340 e. The van der Waals surface area contributed by atoms with E-state index in [4.69, 9.17) is 19.6 Å². The van der Waals surface area contributed by atoms with Crippen molar-refractivity contribution in [2.24, 2.45) is 58.5 Å². The summed E-state index contributed by atoms with van der Waals surface area (Å²) >= 11 is 0. The van der Waals surface area contributed by atoms with Crippen molar-refractivity contribution in [1.82, 2.24) is 15.5 Å². The van der Waals surface area contributed by atoms with Gasteiger partial charge in [-0.05, 0) is 168 Å². The predicted octanol–water partition coefficient (Wildman–Crippen LogP) is 8.39. The van der Waals surface area contributed by atoms with E-state index in [9.17, 15) is 30.0 Å². The molecule has 2 aromatic rings. The fourth-order valence-electron chi connectivity index (χ4n) is 19.9. The van der Waals surface area contributed by atoms with Gasteiger partial charge in [-0.3, -0.25) is 9.59 Å². The number of carbonyl (C=O) groups is 3. The van der Waals surface area contributed by atoms with Crippen LogP contribution in [-0.4, -0.2) is 122 Å². The molecule has 454 valence electrons. The number of dihydropyridines is 1. The Morgan fingerprint density at radius 1 is 1.06 bits per heavy atom. The van der Waals surface area contributed by atoms with Gasteiger partial charge in [-0.15, -0.1) is 0 Å². The molecule has 8 N–H and O–H groups in total. The number of allylic oxidation sites excluding steroid dienone is 3. The molecular formula is C67H88N4O11S2. The van der Waals surface area contributed by atoms with Gasteiger partial charge in [-0.1, -0.05) is 78.0 Å². The molecule has 17 atom stereocenters. The summed E-state index contributed by atoms with van der Waals surface area (Å²) in [7, 11) is 5.28. The summed E-state index contributed by atoms with van der Waals surface area (Å²) in [5.41, 5.74) is 7.38. The molecule has 5 saturated carbocycles. The number of aliphatic hydroxyl groups is 4. The topological polar surface area (TPSA) is 234 Å². The van der Waals surface area contributed by atoms with Crippen molar-refractivity contribution in [3.05, 3.63) is 98.2 Å². The highest BCUT2D eigenvalue weighted by Gasteiger charge is 2.68. The van der Waals surface area contributed by atoms with Gasteiger partial charge in [0, 0.05) is 88.8 Å². The monoisotopic (exact) mass is 1190 g/mol. The number of carbonyl (C=O) groups excluding carboxylic acids is 3. The number of rotatable bonds is 11. The van der Waals surface area contributed by atoms with Crippen LogP contribution >= 0.6 is 21.6 Å². The lowest BCUT2D eigenvalue weighted by molar-refractivity contribution is -0.202. The van der Waals surface area contributed by atoms with Gasteiger partial charge in [0.25, 0.3) is 0 Å². The third-order valence-electron chi connectivity index (χ3n) is 23.6. The number of nitrogens with one attached hydrogen (secondary N) is 2. The normalized spacial score (nSPS) is 39.1. The molecule has 17 unspecified atom stereocenters. The molecule has 11 aliphatic rings. The van der Waals surface area contributed by atoms with E-state index in [0.717, 1.165) is 67.2 Å². The Kier molecular flexibility index (Phi) is 15.8. The summed E-state index contributed by atoms with van der Waals surface area (Å²) in [6.45, 7) is 5.48. The minimum Gasteiger partial charge on any atom is -0.481 e. The third-order valence-corrected chi connectivity index (χ3v) is 26.4. The van der Waals surface area contributed by atoms with Crippen LogP contribution < -0.4 is 26.7 Å². The number of nitrogens with zero attached hydrogens (tertiary/aromatic N) is 1. The van der Waals surface area contributed by atoms with E-state index < -0.39 is 58.9 Å². The molecule has 0 radical (unpaired) electrons. The van der Waals surface area contributed by atoms with Crippen LogP contribution in [-0.2, 0) is 31.0 Å². The van der Waals surface area contributed by atoms with Gasteiger partial charge in [-0.25, -0.2) is 9.59 Å². The summed E-state index contributed by atoms with van der Waals surface area (Å²) in [5.74, 6) is -0.285. The van der Waals surface area contributed by atoms with Gasteiger partial charge in [0.1, 0.15) is 11.3 Å². The first-order valence-electron chi connectivity index (χ1n) is 31.9.